The molecular weight excluding hydrogens is 370 g/mol. The van der Waals surface area contributed by atoms with Crippen molar-refractivity contribution < 1.29 is 14.3 Å². The zero-order valence-electron chi connectivity index (χ0n) is 18.5. The Kier molecular flexibility index (Phi) is 9.99. The topological polar surface area (TPSA) is 95.1 Å². The summed E-state index contributed by atoms with van der Waals surface area (Å²) in [6, 6.07) is 7.45. The highest BCUT2D eigenvalue weighted by atomic mass is 16.6. The molecule has 0 saturated carbocycles. The smallest absolute Gasteiger partial charge is 0.407 e. The van der Waals surface area contributed by atoms with Crippen LogP contribution in [-0.2, 0) is 11.3 Å². The monoisotopic (exact) mass is 405 g/mol. The minimum Gasteiger partial charge on any atom is -0.444 e. The van der Waals surface area contributed by atoms with E-state index in [0.717, 1.165) is 18.5 Å². The fourth-order valence-corrected chi connectivity index (χ4v) is 2.32. The molecule has 8 heteroatoms. The first-order valence-corrected chi connectivity index (χ1v) is 9.92. The molecule has 0 aliphatic rings. The minimum atomic E-state index is -0.495. The van der Waals surface area contributed by atoms with Crippen LogP contribution in [-0.4, -0.2) is 62.2 Å². The zero-order chi connectivity index (χ0) is 21.9. The van der Waals surface area contributed by atoms with Gasteiger partial charge in [0.25, 0.3) is 5.91 Å². The van der Waals surface area contributed by atoms with E-state index >= 15 is 0 Å². The molecule has 0 aromatic heterocycles. The van der Waals surface area contributed by atoms with Crippen LogP contribution < -0.4 is 16.0 Å². The maximum atomic E-state index is 11.9. The van der Waals surface area contributed by atoms with Gasteiger partial charge in [0.05, 0.1) is 6.54 Å². The van der Waals surface area contributed by atoms with E-state index in [9.17, 15) is 9.59 Å². The lowest BCUT2D eigenvalue weighted by atomic mass is 10.1. The van der Waals surface area contributed by atoms with Crippen molar-refractivity contribution in [2.75, 3.05) is 33.7 Å². The molecule has 1 rings (SSSR count). The molecule has 0 bridgehead atoms. The average molecular weight is 406 g/mol. The Bertz CT molecular complexity index is 679. The van der Waals surface area contributed by atoms with Gasteiger partial charge in [0, 0.05) is 39.3 Å². The number of hydrogen-bond donors (Lipinski definition) is 3. The van der Waals surface area contributed by atoms with E-state index < -0.39 is 11.7 Å². The van der Waals surface area contributed by atoms with Gasteiger partial charge in [-0.25, -0.2) is 9.79 Å². The number of amides is 2. The molecular formula is C21H35N5O3. The van der Waals surface area contributed by atoms with Crippen LogP contribution in [0.3, 0.4) is 0 Å². The summed E-state index contributed by atoms with van der Waals surface area (Å²) in [5.74, 6) is 0.688. The van der Waals surface area contributed by atoms with E-state index in [-0.39, 0.29) is 5.91 Å². The van der Waals surface area contributed by atoms with Crippen LogP contribution in [0.2, 0.25) is 0 Å². The number of alkyl carbamates (subject to hydrolysis) is 1. The van der Waals surface area contributed by atoms with Crippen molar-refractivity contribution in [3.05, 3.63) is 35.4 Å². The van der Waals surface area contributed by atoms with Crippen molar-refractivity contribution in [2.45, 2.75) is 46.3 Å². The van der Waals surface area contributed by atoms with E-state index in [1.165, 1.54) is 0 Å². The Morgan fingerprint density at radius 3 is 2.21 bits per heavy atom. The van der Waals surface area contributed by atoms with Gasteiger partial charge >= 0.3 is 6.09 Å². The lowest BCUT2D eigenvalue weighted by Crippen LogP contribution is -2.39. The van der Waals surface area contributed by atoms with E-state index in [2.05, 4.69) is 20.9 Å². The molecule has 0 aliphatic carbocycles. The summed E-state index contributed by atoms with van der Waals surface area (Å²) in [5, 5.41) is 9.17. The molecule has 0 fully saturated rings. The number of nitrogens with zero attached hydrogens (tertiary/aromatic N) is 2. The Balaban J connectivity index is 2.44. The Labute approximate surface area is 174 Å². The molecule has 0 atom stereocenters. The van der Waals surface area contributed by atoms with Crippen molar-refractivity contribution in [3.63, 3.8) is 0 Å². The molecule has 0 spiro atoms. The van der Waals surface area contributed by atoms with Gasteiger partial charge in [-0.2, -0.15) is 0 Å². The SMILES string of the molecule is CCNC(=NCc1ccc(C(=O)N(C)C)cc1)NCCCNC(=O)OC(C)(C)C. The van der Waals surface area contributed by atoms with Crippen LogP contribution in [0.5, 0.6) is 0 Å². The normalized spacial score (nSPS) is 11.6. The number of aliphatic imine (C=N–C) groups is 1. The Hall–Kier alpha value is -2.77. The third kappa shape index (κ3) is 10.4. The number of benzene rings is 1. The lowest BCUT2D eigenvalue weighted by Gasteiger charge is -2.19. The highest BCUT2D eigenvalue weighted by molar-refractivity contribution is 5.93. The molecule has 0 heterocycles. The summed E-state index contributed by atoms with van der Waals surface area (Å²) < 4.78 is 5.20. The van der Waals surface area contributed by atoms with Gasteiger partial charge in [0.2, 0.25) is 0 Å². The predicted molar refractivity (Wildman–Crippen MR) is 116 cm³/mol. The summed E-state index contributed by atoms with van der Waals surface area (Å²) in [6.07, 6.45) is 0.333. The third-order valence-electron chi connectivity index (χ3n) is 3.69. The van der Waals surface area contributed by atoms with Gasteiger partial charge in [-0.05, 0) is 51.8 Å². The number of nitrogens with one attached hydrogen (secondary N) is 3. The minimum absolute atomic E-state index is 0.0185. The molecule has 0 aliphatic heterocycles. The number of carbonyl (C=O) groups excluding carboxylic acids is 2. The standard InChI is InChI=1S/C21H35N5O3/c1-7-22-19(23-13-8-14-24-20(28)29-21(2,3)4)25-15-16-9-11-17(12-10-16)18(27)26(5)6/h9-12H,7-8,13-15H2,1-6H3,(H,24,28)(H2,22,23,25). The van der Waals surface area contributed by atoms with E-state index in [1.54, 1.807) is 19.0 Å². The quantitative estimate of drug-likeness (QED) is 0.351. The van der Waals surface area contributed by atoms with Crippen molar-refractivity contribution in [1.29, 1.82) is 0 Å². The second kappa shape index (κ2) is 11.9. The van der Waals surface area contributed by atoms with Gasteiger partial charge in [-0.3, -0.25) is 4.79 Å². The number of ether oxygens (including phenoxy) is 1. The van der Waals surface area contributed by atoms with Crippen LogP contribution in [0.1, 0.15) is 50.0 Å². The van der Waals surface area contributed by atoms with Crippen molar-refractivity contribution in [3.8, 4) is 0 Å². The molecule has 1 aromatic rings. The fourth-order valence-electron chi connectivity index (χ4n) is 2.32. The van der Waals surface area contributed by atoms with Gasteiger partial charge < -0.3 is 25.6 Å². The first kappa shape index (κ1) is 24.3. The maximum absolute atomic E-state index is 11.9. The number of guanidine groups is 1. The van der Waals surface area contributed by atoms with Crippen LogP contribution in [0.4, 0.5) is 4.79 Å². The molecule has 0 radical (unpaired) electrons. The summed E-state index contributed by atoms with van der Waals surface area (Å²) in [5.41, 5.74) is 1.18. The molecule has 162 valence electrons. The number of carbonyl (C=O) groups is 2. The highest BCUT2D eigenvalue weighted by Crippen LogP contribution is 2.08. The molecule has 29 heavy (non-hydrogen) atoms. The van der Waals surface area contributed by atoms with Gasteiger partial charge in [-0.15, -0.1) is 0 Å². The highest BCUT2D eigenvalue weighted by Gasteiger charge is 2.15. The van der Waals surface area contributed by atoms with Gasteiger partial charge in [0.15, 0.2) is 5.96 Å². The van der Waals surface area contributed by atoms with Crippen molar-refractivity contribution in [1.82, 2.24) is 20.9 Å². The second-order valence-corrected chi connectivity index (χ2v) is 7.80. The average Bonchev–Trinajstić information content (AvgIpc) is 2.64. The van der Waals surface area contributed by atoms with Gasteiger partial charge in [0.1, 0.15) is 5.60 Å². The van der Waals surface area contributed by atoms with Gasteiger partial charge in [-0.1, -0.05) is 12.1 Å². The van der Waals surface area contributed by atoms with E-state index in [4.69, 9.17) is 4.74 Å². The fraction of sp³-hybridized carbons (Fsp3) is 0.571. The summed E-state index contributed by atoms with van der Waals surface area (Å²) in [7, 11) is 3.47. The molecule has 8 nitrogen and oxygen atoms in total. The molecule has 0 saturated heterocycles. The lowest BCUT2D eigenvalue weighted by molar-refractivity contribution is 0.0527. The molecule has 2 amide bonds. The summed E-state index contributed by atoms with van der Waals surface area (Å²) in [6.45, 7) is 9.94. The van der Waals surface area contributed by atoms with Crippen LogP contribution >= 0.6 is 0 Å². The predicted octanol–water partition coefficient (Wildman–Crippen LogP) is 2.36. The van der Waals surface area contributed by atoms with Crippen molar-refractivity contribution >= 4 is 18.0 Å². The molecule has 3 N–H and O–H groups in total. The zero-order valence-corrected chi connectivity index (χ0v) is 18.5. The summed E-state index contributed by atoms with van der Waals surface area (Å²) in [4.78, 5) is 29.7. The Morgan fingerprint density at radius 1 is 1.03 bits per heavy atom. The third-order valence-corrected chi connectivity index (χ3v) is 3.69. The summed E-state index contributed by atoms with van der Waals surface area (Å²) >= 11 is 0. The first-order valence-electron chi connectivity index (χ1n) is 9.92. The van der Waals surface area contributed by atoms with E-state index in [1.807, 2.05) is 52.0 Å². The maximum Gasteiger partial charge on any atom is 0.407 e. The molecule has 0 unspecified atom stereocenters. The first-order chi connectivity index (χ1) is 13.6. The second-order valence-electron chi connectivity index (χ2n) is 7.80. The Morgan fingerprint density at radius 2 is 1.66 bits per heavy atom. The van der Waals surface area contributed by atoms with Crippen molar-refractivity contribution in [2.24, 2.45) is 4.99 Å². The van der Waals surface area contributed by atoms with Crippen LogP contribution in [0.25, 0.3) is 0 Å². The number of hydrogen-bond acceptors (Lipinski definition) is 4. The largest absolute Gasteiger partial charge is 0.444 e. The van der Waals surface area contributed by atoms with Crippen LogP contribution in [0.15, 0.2) is 29.3 Å². The van der Waals surface area contributed by atoms with Crippen LogP contribution in [0, 0.1) is 0 Å². The molecule has 1 aromatic carbocycles. The number of rotatable bonds is 8. The van der Waals surface area contributed by atoms with E-state index in [0.29, 0.717) is 31.2 Å².